The number of hydrogen-bond acceptors (Lipinski definition) is 1. The Labute approximate surface area is 113 Å². The molecule has 0 bridgehead atoms. The lowest BCUT2D eigenvalue weighted by Crippen LogP contribution is -2.11. The molecule has 0 fully saturated rings. The van der Waals surface area contributed by atoms with Crippen LogP contribution in [0.5, 0.6) is 0 Å². The van der Waals surface area contributed by atoms with Crippen molar-refractivity contribution < 1.29 is 23.1 Å². The quantitative estimate of drug-likeness (QED) is 0.893. The standard InChI is InChI=1S/C14H14F3NO2/c1-3-9(13(19)20)12-7(2)18-11-5-4-8(6-10(11)12)14(15,16)17/h4-6,9,18H,3H2,1-2H3,(H,19,20). The molecular formula is C14H14F3NO2. The highest BCUT2D eigenvalue weighted by Crippen LogP contribution is 2.36. The molecule has 1 aromatic carbocycles. The highest BCUT2D eigenvalue weighted by molar-refractivity contribution is 5.91. The normalized spacial score (nSPS) is 13.7. The predicted molar refractivity (Wildman–Crippen MR) is 68.7 cm³/mol. The van der Waals surface area contributed by atoms with Crippen molar-refractivity contribution in [3.63, 3.8) is 0 Å². The highest BCUT2D eigenvalue weighted by Gasteiger charge is 2.32. The van der Waals surface area contributed by atoms with E-state index in [1.165, 1.54) is 6.07 Å². The summed E-state index contributed by atoms with van der Waals surface area (Å²) in [7, 11) is 0. The molecule has 3 nitrogen and oxygen atoms in total. The monoisotopic (exact) mass is 285 g/mol. The molecule has 0 aliphatic rings. The van der Waals surface area contributed by atoms with Gasteiger partial charge in [0.25, 0.3) is 0 Å². The zero-order valence-corrected chi connectivity index (χ0v) is 11.0. The van der Waals surface area contributed by atoms with Crippen molar-refractivity contribution in [1.82, 2.24) is 4.98 Å². The maximum Gasteiger partial charge on any atom is 0.416 e. The Kier molecular flexibility index (Phi) is 3.50. The SMILES string of the molecule is CCC(C(=O)O)c1c(C)[nH]c2ccc(C(F)(F)F)cc12. The van der Waals surface area contributed by atoms with Crippen molar-refractivity contribution in [2.24, 2.45) is 0 Å². The summed E-state index contributed by atoms with van der Waals surface area (Å²) >= 11 is 0. The van der Waals surface area contributed by atoms with Crippen molar-refractivity contribution in [2.75, 3.05) is 0 Å². The van der Waals surface area contributed by atoms with Crippen LogP contribution >= 0.6 is 0 Å². The largest absolute Gasteiger partial charge is 0.481 e. The van der Waals surface area contributed by atoms with Gasteiger partial charge in [-0.1, -0.05) is 6.92 Å². The molecule has 6 heteroatoms. The number of carbonyl (C=O) groups is 1. The summed E-state index contributed by atoms with van der Waals surface area (Å²) in [5.74, 6) is -1.85. The van der Waals surface area contributed by atoms with Crippen molar-refractivity contribution in [3.05, 3.63) is 35.0 Å². The van der Waals surface area contributed by atoms with Crippen LogP contribution in [0.25, 0.3) is 10.9 Å². The Hall–Kier alpha value is -1.98. The summed E-state index contributed by atoms with van der Waals surface area (Å²) < 4.78 is 38.3. The zero-order chi connectivity index (χ0) is 15.1. The number of H-pyrrole nitrogens is 1. The molecule has 0 saturated heterocycles. The van der Waals surface area contributed by atoms with E-state index < -0.39 is 23.6 Å². The first kappa shape index (κ1) is 14.4. The highest BCUT2D eigenvalue weighted by atomic mass is 19.4. The second-order valence-electron chi connectivity index (χ2n) is 4.72. The average molecular weight is 285 g/mol. The smallest absolute Gasteiger partial charge is 0.416 e. The van der Waals surface area contributed by atoms with E-state index in [0.29, 0.717) is 28.6 Å². The molecule has 0 aliphatic carbocycles. The van der Waals surface area contributed by atoms with Gasteiger partial charge in [0.05, 0.1) is 11.5 Å². The number of hydrogen-bond donors (Lipinski definition) is 2. The molecule has 2 rings (SSSR count). The summed E-state index contributed by atoms with van der Waals surface area (Å²) in [6.07, 6.45) is -4.12. The molecule has 1 unspecified atom stereocenters. The second kappa shape index (κ2) is 4.85. The molecule has 1 heterocycles. The Morgan fingerprint density at radius 1 is 1.40 bits per heavy atom. The van der Waals surface area contributed by atoms with Gasteiger partial charge in [-0.05, 0) is 37.1 Å². The van der Waals surface area contributed by atoms with Crippen molar-refractivity contribution in [3.8, 4) is 0 Å². The molecule has 0 aliphatic heterocycles. The van der Waals surface area contributed by atoms with Gasteiger partial charge in [-0.25, -0.2) is 0 Å². The maximum absolute atomic E-state index is 12.8. The van der Waals surface area contributed by atoms with E-state index in [1.54, 1.807) is 13.8 Å². The molecule has 1 atom stereocenters. The fraction of sp³-hybridized carbons (Fsp3) is 0.357. The number of aliphatic carboxylic acids is 1. The third-order valence-corrected chi connectivity index (χ3v) is 3.42. The van der Waals surface area contributed by atoms with E-state index in [-0.39, 0.29) is 0 Å². The van der Waals surface area contributed by atoms with E-state index in [2.05, 4.69) is 4.98 Å². The summed E-state index contributed by atoms with van der Waals surface area (Å²) in [5.41, 5.74) is 0.769. The number of aromatic amines is 1. The first-order chi connectivity index (χ1) is 9.25. The van der Waals surface area contributed by atoms with E-state index in [1.807, 2.05) is 0 Å². The van der Waals surface area contributed by atoms with Crippen LogP contribution in [0.3, 0.4) is 0 Å². The summed E-state index contributed by atoms with van der Waals surface area (Å²) in [6.45, 7) is 3.37. The van der Waals surface area contributed by atoms with E-state index in [9.17, 15) is 23.1 Å². The minimum Gasteiger partial charge on any atom is -0.481 e. The zero-order valence-electron chi connectivity index (χ0n) is 11.0. The van der Waals surface area contributed by atoms with Gasteiger partial charge in [0, 0.05) is 16.6 Å². The fourth-order valence-electron chi connectivity index (χ4n) is 2.48. The Bertz CT molecular complexity index is 658. The van der Waals surface area contributed by atoms with E-state index in [4.69, 9.17) is 0 Å². The van der Waals surface area contributed by atoms with Crippen LogP contribution in [0.4, 0.5) is 13.2 Å². The summed E-state index contributed by atoms with van der Waals surface area (Å²) in [4.78, 5) is 14.2. The molecule has 0 amide bonds. The number of halogens is 3. The molecule has 108 valence electrons. The molecular weight excluding hydrogens is 271 g/mol. The third kappa shape index (κ3) is 2.37. The average Bonchev–Trinajstić information content (AvgIpc) is 2.65. The maximum atomic E-state index is 12.8. The Morgan fingerprint density at radius 2 is 2.05 bits per heavy atom. The van der Waals surface area contributed by atoms with Crippen molar-refractivity contribution in [2.45, 2.75) is 32.4 Å². The van der Waals surface area contributed by atoms with Crippen molar-refractivity contribution >= 4 is 16.9 Å². The van der Waals surface area contributed by atoms with Gasteiger partial charge in [0.2, 0.25) is 0 Å². The van der Waals surface area contributed by atoms with Gasteiger partial charge in [-0.15, -0.1) is 0 Å². The number of benzene rings is 1. The van der Waals surface area contributed by atoms with Crippen LogP contribution in [-0.2, 0) is 11.0 Å². The molecule has 0 radical (unpaired) electrons. The molecule has 0 saturated carbocycles. The third-order valence-electron chi connectivity index (χ3n) is 3.42. The summed E-state index contributed by atoms with van der Waals surface area (Å²) in [6, 6.07) is 3.34. The number of aromatic nitrogens is 1. The van der Waals surface area contributed by atoms with Crippen LogP contribution in [0.2, 0.25) is 0 Å². The number of aryl methyl sites for hydroxylation is 1. The molecule has 2 aromatic rings. The number of rotatable bonds is 3. The first-order valence-electron chi connectivity index (χ1n) is 6.18. The van der Waals surface area contributed by atoms with Crippen molar-refractivity contribution in [1.29, 1.82) is 0 Å². The van der Waals surface area contributed by atoms with Crippen LogP contribution in [0, 0.1) is 6.92 Å². The topological polar surface area (TPSA) is 53.1 Å². The van der Waals surface area contributed by atoms with Crippen LogP contribution in [-0.4, -0.2) is 16.1 Å². The lowest BCUT2D eigenvalue weighted by Gasteiger charge is -2.11. The van der Waals surface area contributed by atoms with E-state index >= 15 is 0 Å². The van der Waals surface area contributed by atoms with E-state index in [0.717, 1.165) is 12.1 Å². The lowest BCUT2D eigenvalue weighted by atomic mass is 9.93. The Balaban J connectivity index is 2.70. The van der Waals surface area contributed by atoms with Crippen LogP contribution in [0.1, 0.15) is 36.1 Å². The first-order valence-corrected chi connectivity index (χ1v) is 6.18. The lowest BCUT2D eigenvalue weighted by molar-refractivity contribution is -0.139. The number of nitrogens with one attached hydrogen (secondary N) is 1. The number of fused-ring (bicyclic) bond motifs is 1. The van der Waals surface area contributed by atoms with Gasteiger partial charge < -0.3 is 10.1 Å². The number of carboxylic acid groups (broad SMARTS) is 1. The van der Waals surface area contributed by atoms with Gasteiger partial charge in [-0.3, -0.25) is 4.79 Å². The van der Waals surface area contributed by atoms with Crippen LogP contribution < -0.4 is 0 Å². The molecule has 1 aromatic heterocycles. The minimum absolute atomic E-state index is 0.319. The minimum atomic E-state index is -4.44. The van der Waals surface area contributed by atoms with Gasteiger partial charge >= 0.3 is 12.1 Å². The number of carboxylic acids is 1. The fourth-order valence-corrected chi connectivity index (χ4v) is 2.48. The number of alkyl halides is 3. The predicted octanol–water partition coefficient (Wildman–Crippen LogP) is 4.07. The summed E-state index contributed by atoms with van der Waals surface area (Å²) in [5, 5.41) is 9.55. The van der Waals surface area contributed by atoms with Crippen LogP contribution in [0.15, 0.2) is 18.2 Å². The molecule has 2 N–H and O–H groups in total. The molecule has 0 spiro atoms. The molecule has 20 heavy (non-hydrogen) atoms. The van der Waals surface area contributed by atoms with Gasteiger partial charge in [-0.2, -0.15) is 13.2 Å². The van der Waals surface area contributed by atoms with Gasteiger partial charge in [0.15, 0.2) is 0 Å². The van der Waals surface area contributed by atoms with Gasteiger partial charge in [0.1, 0.15) is 0 Å². The Morgan fingerprint density at radius 3 is 2.55 bits per heavy atom. The second-order valence-corrected chi connectivity index (χ2v) is 4.72.